The second-order valence-electron chi connectivity index (χ2n) is 6.32. The fourth-order valence-corrected chi connectivity index (χ4v) is 2.54. The molecule has 128 valence electrons. The summed E-state index contributed by atoms with van der Waals surface area (Å²) in [7, 11) is 3.50. The van der Waals surface area contributed by atoms with Crippen molar-refractivity contribution in [1.29, 1.82) is 0 Å². The zero-order valence-electron chi connectivity index (χ0n) is 15.0. The number of pyridine rings is 1. The Balaban J connectivity index is 1.98. The maximum atomic E-state index is 12.5. The molecule has 0 N–H and O–H groups in total. The molecule has 1 amide bonds. The van der Waals surface area contributed by atoms with Gasteiger partial charge in [-0.25, -0.2) is 0 Å². The van der Waals surface area contributed by atoms with Crippen LogP contribution in [-0.2, 0) is 17.6 Å². The molecule has 1 aromatic carbocycles. The molecule has 0 unspecified atom stereocenters. The fourth-order valence-electron chi connectivity index (χ4n) is 2.54. The van der Waals surface area contributed by atoms with E-state index in [9.17, 15) is 4.79 Å². The van der Waals surface area contributed by atoms with Gasteiger partial charge in [0.1, 0.15) is 5.75 Å². The second-order valence-corrected chi connectivity index (χ2v) is 6.32. The van der Waals surface area contributed by atoms with Crippen molar-refractivity contribution in [3.05, 3.63) is 59.4 Å². The molecular formula is C20H26N2O2. The lowest BCUT2D eigenvalue weighted by Crippen LogP contribution is -2.30. The van der Waals surface area contributed by atoms with Gasteiger partial charge in [-0.15, -0.1) is 0 Å². The lowest BCUT2D eigenvalue weighted by atomic mass is 9.99. The minimum Gasteiger partial charge on any atom is -0.496 e. The van der Waals surface area contributed by atoms with E-state index in [1.54, 1.807) is 24.4 Å². The van der Waals surface area contributed by atoms with E-state index < -0.39 is 0 Å². The topological polar surface area (TPSA) is 42.4 Å². The Kier molecular flexibility index (Phi) is 6.36. The Bertz CT molecular complexity index is 669. The number of methoxy groups -OCH3 is 1. The molecule has 0 atom stereocenters. The summed E-state index contributed by atoms with van der Waals surface area (Å²) in [6.07, 6.45) is 4.74. The average Bonchev–Trinajstić information content (AvgIpc) is 2.60. The van der Waals surface area contributed by atoms with Crippen molar-refractivity contribution in [3.63, 3.8) is 0 Å². The van der Waals surface area contributed by atoms with Gasteiger partial charge in [-0.1, -0.05) is 26.0 Å². The van der Waals surface area contributed by atoms with Crippen molar-refractivity contribution in [2.24, 2.45) is 0 Å². The number of likely N-dealkylation sites (N-methyl/N-ethyl adjacent to an activating group) is 1. The van der Waals surface area contributed by atoms with E-state index in [0.717, 1.165) is 17.7 Å². The minimum absolute atomic E-state index is 0.0969. The van der Waals surface area contributed by atoms with E-state index in [0.29, 0.717) is 18.9 Å². The molecule has 0 spiro atoms. The van der Waals surface area contributed by atoms with Gasteiger partial charge in [-0.05, 0) is 41.7 Å². The predicted molar refractivity (Wildman–Crippen MR) is 96.4 cm³/mol. The van der Waals surface area contributed by atoms with Crippen LogP contribution in [-0.4, -0.2) is 36.5 Å². The zero-order valence-corrected chi connectivity index (χ0v) is 15.0. The van der Waals surface area contributed by atoms with Gasteiger partial charge in [0, 0.05) is 31.5 Å². The second kappa shape index (κ2) is 8.48. The van der Waals surface area contributed by atoms with E-state index in [-0.39, 0.29) is 5.91 Å². The Labute approximate surface area is 144 Å². The molecule has 0 saturated carbocycles. The van der Waals surface area contributed by atoms with Crippen molar-refractivity contribution >= 4 is 5.91 Å². The molecule has 1 heterocycles. The summed E-state index contributed by atoms with van der Waals surface area (Å²) in [6.45, 7) is 4.98. The molecule has 1 aromatic heterocycles. The number of rotatable bonds is 7. The molecule has 4 nitrogen and oxygen atoms in total. The van der Waals surface area contributed by atoms with Gasteiger partial charge in [0.2, 0.25) is 5.91 Å². The lowest BCUT2D eigenvalue weighted by molar-refractivity contribution is -0.129. The third kappa shape index (κ3) is 4.82. The summed E-state index contributed by atoms with van der Waals surface area (Å²) in [6, 6.07) is 10.1. The first kappa shape index (κ1) is 18.0. The maximum absolute atomic E-state index is 12.5. The van der Waals surface area contributed by atoms with E-state index in [1.165, 1.54) is 11.1 Å². The van der Waals surface area contributed by atoms with Gasteiger partial charge in [0.15, 0.2) is 0 Å². The van der Waals surface area contributed by atoms with E-state index in [4.69, 9.17) is 4.74 Å². The molecule has 0 aliphatic carbocycles. The van der Waals surface area contributed by atoms with Crippen molar-refractivity contribution < 1.29 is 9.53 Å². The molecule has 0 aliphatic heterocycles. The number of carbonyl (C=O) groups excluding carboxylic acids is 1. The molecule has 4 heteroatoms. The van der Waals surface area contributed by atoms with Crippen molar-refractivity contribution in [2.75, 3.05) is 20.7 Å². The summed E-state index contributed by atoms with van der Waals surface area (Å²) in [5.74, 6) is 1.32. The zero-order chi connectivity index (χ0) is 17.5. The molecule has 24 heavy (non-hydrogen) atoms. The van der Waals surface area contributed by atoms with Crippen LogP contribution >= 0.6 is 0 Å². The third-order valence-corrected chi connectivity index (χ3v) is 4.23. The van der Waals surface area contributed by atoms with Crippen LogP contribution in [0.5, 0.6) is 5.75 Å². The van der Waals surface area contributed by atoms with E-state index in [1.807, 2.05) is 31.3 Å². The largest absolute Gasteiger partial charge is 0.496 e. The standard InChI is InChI=1S/C20H26N2O2/c1-15(2)17-5-6-18(19(13-17)24-4)14-20(23)22(3)12-9-16-7-10-21-11-8-16/h5-8,10-11,13,15H,9,12,14H2,1-4H3. The summed E-state index contributed by atoms with van der Waals surface area (Å²) in [5.41, 5.74) is 3.33. The van der Waals surface area contributed by atoms with E-state index in [2.05, 4.69) is 24.9 Å². The first-order chi connectivity index (χ1) is 11.5. The molecule has 2 aromatic rings. The molecule has 0 radical (unpaired) electrons. The summed E-state index contributed by atoms with van der Waals surface area (Å²) >= 11 is 0. The van der Waals surface area contributed by atoms with Gasteiger partial charge < -0.3 is 9.64 Å². The summed E-state index contributed by atoms with van der Waals surface area (Å²) in [4.78, 5) is 18.3. The molecule has 0 aliphatic rings. The van der Waals surface area contributed by atoms with Gasteiger partial charge in [-0.3, -0.25) is 9.78 Å². The van der Waals surface area contributed by atoms with E-state index >= 15 is 0 Å². The third-order valence-electron chi connectivity index (χ3n) is 4.23. The molecule has 0 bridgehead atoms. The highest BCUT2D eigenvalue weighted by atomic mass is 16.5. The lowest BCUT2D eigenvalue weighted by Gasteiger charge is -2.18. The number of hydrogen-bond donors (Lipinski definition) is 0. The highest BCUT2D eigenvalue weighted by molar-refractivity contribution is 5.79. The Hall–Kier alpha value is -2.36. The predicted octanol–water partition coefficient (Wildman–Crippen LogP) is 3.46. The Morgan fingerprint density at radius 1 is 1.21 bits per heavy atom. The van der Waals surface area contributed by atoms with Crippen LogP contribution in [0, 0.1) is 0 Å². The van der Waals surface area contributed by atoms with Crippen LogP contribution in [0.4, 0.5) is 0 Å². The van der Waals surface area contributed by atoms with Crippen LogP contribution in [0.15, 0.2) is 42.7 Å². The van der Waals surface area contributed by atoms with Crippen LogP contribution in [0.2, 0.25) is 0 Å². The number of aromatic nitrogens is 1. The average molecular weight is 326 g/mol. The number of amides is 1. The fraction of sp³-hybridized carbons (Fsp3) is 0.400. The molecular weight excluding hydrogens is 300 g/mol. The number of hydrogen-bond acceptors (Lipinski definition) is 3. The number of benzene rings is 1. The van der Waals surface area contributed by atoms with Gasteiger partial charge in [0.05, 0.1) is 13.5 Å². The number of carbonyl (C=O) groups is 1. The van der Waals surface area contributed by atoms with Crippen LogP contribution < -0.4 is 4.74 Å². The maximum Gasteiger partial charge on any atom is 0.226 e. The smallest absolute Gasteiger partial charge is 0.226 e. The van der Waals surface area contributed by atoms with Crippen LogP contribution in [0.1, 0.15) is 36.5 Å². The number of ether oxygens (including phenoxy) is 1. The Morgan fingerprint density at radius 3 is 2.54 bits per heavy atom. The van der Waals surface area contributed by atoms with Crippen LogP contribution in [0.3, 0.4) is 0 Å². The highest BCUT2D eigenvalue weighted by Gasteiger charge is 2.14. The highest BCUT2D eigenvalue weighted by Crippen LogP contribution is 2.25. The first-order valence-corrected chi connectivity index (χ1v) is 8.31. The Morgan fingerprint density at radius 2 is 1.92 bits per heavy atom. The van der Waals surface area contributed by atoms with Gasteiger partial charge >= 0.3 is 0 Å². The SMILES string of the molecule is COc1cc(C(C)C)ccc1CC(=O)N(C)CCc1ccncc1. The van der Waals surface area contributed by atoms with Crippen molar-refractivity contribution in [3.8, 4) is 5.75 Å². The summed E-state index contributed by atoms with van der Waals surface area (Å²) in [5, 5.41) is 0. The van der Waals surface area contributed by atoms with Crippen LogP contribution in [0.25, 0.3) is 0 Å². The minimum atomic E-state index is 0.0969. The normalized spacial score (nSPS) is 10.7. The molecule has 2 rings (SSSR count). The van der Waals surface area contributed by atoms with Gasteiger partial charge in [-0.2, -0.15) is 0 Å². The molecule has 0 fully saturated rings. The van der Waals surface area contributed by atoms with Gasteiger partial charge in [0.25, 0.3) is 0 Å². The van der Waals surface area contributed by atoms with Crippen molar-refractivity contribution in [2.45, 2.75) is 32.6 Å². The first-order valence-electron chi connectivity index (χ1n) is 8.31. The molecule has 0 saturated heterocycles. The van der Waals surface area contributed by atoms with Crippen molar-refractivity contribution in [1.82, 2.24) is 9.88 Å². The number of nitrogens with zero attached hydrogens (tertiary/aromatic N) is 2. The summed E-state index contributed by atoms with van der Waals surface area (Å²) < 4.78 is 5.47. The quantitative estimate of drug-likeness (QED) is 0.782. The monoisotopic (exact) mass is 326 g/mol.